The van der Waals surface area contributed by atoms with Crippen molar-refractivity contribution in [3.05, 3.63) is 70.5 Å². The van der Waals surface area contributed by atoms with Gasteiger partial charge in [-0.3, -0.25) is 14.6 Å². The van der Waals surface area contributed by atoms with Crippen LogP contribution in [0.25, 0.3) is 5.76 Å². The molecule has 2 aromatic rings. The van der Waals surface area contributed by atoms with Gasteiger partial charge in [0.25, 0.3) is 11.7 Å². The molecule has 2 aliphatic heterocycles. The summed E-state index contributed by atoms with van der Waals surface area (Å²) in [6.45, 7) is 0.943. The smallest absolute Gasteiger partial charge is 0.295 e. The average molecular weight is 399 g/mol. The standard InChI is InChI=1S/C21H19ClN2O4/c22-15-7-5-13(6-8-15)19(25)17-18(14-3-1-9-23-11-14)24(21(27)20(17)26)12-16-4-2-10-28-16/h1,3,5-9,11,16,18,25H,2,4,10,12H2/t16-,18+/m1/s1. The number of hydrogen-bond acceptors (Lipinski definition) is 5. The van der Waals surface area contributed by atoms with Crippen LogP contribution in [0.2, 0.25) is 5.02 Å². The van der Waals surface area contributed by atoms with Crippen molar-refractivity contribution < 1.29 is 19.4 Å². The molecule has 0 radical (unpaired) electrons. The van der Waals surface area contributed by atoms with Gasteiger partial charge in [-0.1, -0.05) is 17.7 Å². The third-order valence-corrected chi connectivity index (χ3v) is 5.33. The quantitative estimate of drug-likeness (QED) is 0.485. The lowest BCUT2D eigenvalue weighted by Gasteiger charge is -2.27. The fraction of sp³-hybridized carbons (Fsp3) is 0.286. The van der Waals surface area contributed by atoms with Gasteiger partial charge in [0, 0.05) is 36.1 Å². The molecule has 0 spiro atoms. The predicted octanol–water partition coefficient (Wildman–Crippen LogP) is 3.34. The lowest BCUT2D eigenvalue weighted by atomic mass is 9.96. The molecule has 7 heteroatoms. The number of aromatic nitrogens is 1. The van der Waals surface area contributed by atoms with Gasteiger partial charge in [0.15, 0.2) is 0 Å². The third kappa shape index (κ3) is 3.41. The van der Waals surface area contributed by atoms with Gasteiger partial charge in [-0.05, 0) is 48.7 Å². The van der Waals surface area contributed by atoms with Gasteiger partial charge in [-0.2, -0.15) is 0 Å². The Labute approximate surface area is 167 Å². The molecule has 2 saturated heterocycles. The molecule has 3 heterocycles. The Morgan fingerprint density at radius 3 is 2.68 bits per heavy atom. The fourth-order valence-electron chi connectivity index (χ4n) is 3.72. The van der Waals surface area contributed by atoms with E-state index in [1.807, 2.05) is 0 Å². The first-order valence-corrected chi connectivity index (χ1v) is 9.50. The zero-order chi connectivity index (χ0) is 19.7. The van der Waals surface area contributed by atoms with Crippen LogP contribution >= 0.6 is 11.6 Å². The van der Waals surface area contributed by atoms with Gasteiger partial charge in [-0.25, -0.2) is 0 Å². The Morgan fingerprint density at radius 2 is 2.04 bits per heavy atom. The lowest BCUT2D eigenvalue weighted by Crippen LogP contribution is -2.36. The fourth-order valence-corrected chi connectivity index (χ4v) is 3.85. The number of Topliss-reactive ketones (excluding diaryl/α,β-unsaturated/α-hetero) is 1. The van der Waals surface area contributed by atoms with E-state index in [9.17, 15) is 14.7 Å². The van der Waals surface area contributed by atoms with Gasteiger partial charge in [0.05, 0.1) is 17.7 Å². The van der Waals surface area contributed by atoms with Crippen molar-refractivity contribution in [2.45, 2.75) is 25.0 Å². The third-order valence-electron chi connectivity index (χ3n) is 5.08. The zero-order valence-corrected chi connectivity index (χ0v) is 15.8. The second-order valence-electron chi connectivity index (χ2n) is 6.88. The Kier molecular flexibility index (Phi) is 5.15. The first-order valence-electron chi connectivity index (χ1n) is 9.12. The minimum absolute atomic E-state index is 0.0540. The van der Waals surface area contributed by atoms with Crippen LogP contribution in [0.1, 0.15) is 30.0 Å². The summed E-state index contributed by atoms with van der Waals surface area (Å²) in [5.74, 6) is -1.57. The Hall–Kier alpha value is -2.70. The number of carbonyl (C=O) groups is 2. The molecular formula is C21H19ClN2O4. The molecule has 1 aromatic heterocycles. The molecule has 6 nitrogen and oxygen atoms in total. The van der Waals surface area contributed by atoms with E-state index in [4.69, 9.17) is 16.3 Å². The summed E-state index contributed by atoms with van der Waals surface area (Å²) in [4.78, 5) is 31.3. The largest absolute Gasteiger partial charge is 0.507 e. The minimum atomic E-state index is -0.714. The normalized spacial score (nSPS) is 24.1. The lowest BCUT2D eigenvalue weighted by molar-refractivity contribution is -0.140. The zero-order valence-electron chi connectivity index (χ0n) is 15.0. The molecule has 2 fully saturated rings. The number of benzene rings is 1. The van der Waals surface area contributed by atoms with Crippen molar-refractivity contribution >= 4 is 29.1 Å². The number of rotatable bonds is 4. The van der Waals surface area contributed by atoms with Crippen LogP contribution < -0.4 is 0 Å². The maximum absolute atomic E-state index is 12.9. The highest BCUT2D eigenvalue weighted by Gasteiger charge is 2.47. The molecular weight excluding hydrogens is 380 g/mol. The second-order valence-corrected chi connectivity index (χ2v) is 7.32. The van der Waals surface area contributed by atoms with Crippen molar-refractivity contribution in [3.8, 4) is 0 Å². The Balaban J connectivity index is 1.80. The van der Waals surface area contributed by atoms with E-state index < -0.39 is 17.7 Å². The van der Waals surface area contributed by atoms with Crippen LogP contribution in [0.5, 0.6) is 0 Å². The van der Waals surface area contributed by atoms with Crippen LogP contribution in [0, 0.1) is 0 Å². The summed E-state index contributed by atoms with van der Waals surface area (Å²) >= 11 is 5.92. The molecule has 4 rings (SSSR count). The van der Waals surface area contributed by atoms with Crippen molar-refractivity contribution in [1.82, 2.24) is 9.88 Å². The number of aliphatic hydroxyl groups is 1. The van der Waals surface area contributed by atoms with Crippen molar-refractivity contribution in [2.75, 3.05) is 13.2 Å². The van der Waals surface area contributed by atoms with Gasteiger partial charge < -0.3 is 14.7 Å². The van der Waals surface area contributed by atoms with Crippen molar-refractivity contribution in [2.24, 2.45) is 0 Å². The molecule has 0 aliphatic carbocycles. The highest BCUT2D eigenvalue weighted by molar-refractivity contribution is 6.46. The predicted molar refractivity (Wildman–Crippen MR) is 104 cm³/mol. The summed E-state index contributed by atoms with van der Waals surface area (Å²) < 4.78 is 5.66. The number of amides is 1. The molecule has 1 N–H and O–H groups in total. The summed E-state index contributed by atoms with van der Waals surface area (Å²) in [5, 5.41) is 11.4. The van der Waals surface area contributed by atoms with E-state index in [0.717, 1.165) is 12.8 Å². The molecule has 28 heavy (non-hydrogen) atoms. The van der Waals surface area contributed by atoms with Crippen LogP contribution in [-0.2, 0) is 14.3 Å². The molecule has 2 atom stereocenters. The molecule has 2 aliphatic rings. The summed E-state index contributed by atoms with van der Waals surface area (Å²) in [5.41, 5.74) is 1.14. The maximum atomic E-state index is 12.9. The molecule has 0 bridgehead atoms. The number of carbonyl (C=O) groups excluding carboxylic acids is 2. The van der Waals surface area contributed by atoms with Gasteiger partial charge >= 0.3 is 0 Å². The van der Waals surface area contributed by atoms with E-state index in [1.165, 1.54) is 4.90 Å². The number of aliphatic hydroxyl groups excluding tert-OH is 1. The van der Waals surface area contributed by atoms with Gasteiger partial charge in [0.1, 0.15) is 5.76 Å². The first kappa shape index (κ1) is 18.7. The molecule has 144 valence electrons. The molecule has 1 aromatic carbocycles. The highest BCUT2D eigenvalue weighted by atomic mass is 35.5. The van der Waals surface area contributed by atoms with Crippen LogP contribution in [0.3, 0.4) is 0 Å². The number of nitrogens with zero attached hydrogens (tertiary/aromatic N) is 2. The SMILES string of the molecule is O=C1C(=O)N(C[C@H]2CCCO2)[C@@H](c2cccnc2)C1=C(O)c1ccc(Cl)cc1. The van der Waals surface area contributed by atoms with E-state index in [2.05, 4.69) is 4.98 Å². The topological polar surface area (TPSA) is 79.7 Å². The summed E-state index contributed by atoms with van der Waals surface area (Å²) in [6, 6.07) is 9.30. The Bertz CT molecular complexity index is 921. The molecule has 0 saturated carbocycles. The number of pyridine rings is 1. The van der Waals surface area contributed by atoms with E-state index in [0.29, 0.717) is 29.3 Å². The van der Waals surface area contributed by atoms with E-state index in [1.54, 1.807) is 48.8 Å². The first-order chi connectivity index (χ1) is 13.6. The van der Waals surface area contributed by atoms with E-state index in [-0.39, 0.29) is 17.4 Å². The molecule has 0 unspecified atom stereocenters. The summed E-state index contributed by atoms with van der Waals surface area (Å²) in [7, 11) is 0. The van der Waals surface area contributed by atoms with Gasteiger partial charge in [-0.15, -0.1) is 0 Å². The molecule has 1 amide bonds. The number of ether oxygens (including phenoxy) is 1. The van der Waals surface area contributed by atoms with E-state index >= 15 is 0 Å². The van der Waals surface area contributed by atoms with Crippen LogP contribution in [0.15, 0.2) is 54.4 Å². The van der Waals surface area contributed by atoms with Gasteiger partial charge in [0.2, 0.25) is 0 Å². The number of ketones is 1. The monoisotopic (exact) mass is 398 g/mol. The van der Waals surface area contributed by atoms with Crippen LogP contribution in [-0.4, -0.2) is 45.9 Å². The summed E-state index contributed by atoms with van der Waals surface area (Å²) in [6.07, 6.45) is 4.87. The van der Waals surface area contributed by atoms with Crippen molar-refractivity contribution in [1.29, 1.82) is 0 Å². The number of hydrogen-bond donors (Lipinski definition) is 1. The number of likely N-dealkylation sites (tertiary alicyclic amines) is 1. The minimum Gasteiger partial charge on any atom is -0.507 e. The highest BCUT2D eigenvalue weighted by Crippen LogP contribution is 2.39. The Morgan fingerprint density at radius 1 is 1.25 bits per heavy atom. The van der Waals surface area contributed by atoms with Crippen LogP contribution in [0.4, 0.5) is 0 Å². The average Bonchev–Trinajstić information content (AvgIpc) is 3.31. The second kappa shape index (κ2) is 7.73. The number of halogens is 1. The van der Waals surface area contributed by atoms with Crippen molar-refractivity contribution in [3.63, 3.8) is 0 Å². The maximum Gasteiger partial charge on any atom is 0.295 e.